The molecule has 1 amide bonds. The molecule has 0 spiro atoms. The van der Waals surface area contributed by atoms with Crippen molar-refractivity contribution in [2.75, 3.05) is 0 Å². The quantitative estimate of drug-likeness (QED) is 0.760. The maximum Gasteiger partial charge on any atom is 0.254 e. The Bertz CT molecular complexity index is 1090. The fourth-order valence-electron chi connectivity index (χ4n) is 3.68. The van der Waals surface area contributed by atoms with E-state index in [1.807, 2.05) is 18.2 Å². The van der Waals surface area contributed by atoms with E-state index in [1.165, 1.54) is 28.3 Å². The molecule has 0 fully saturated rings. The zero-order valence-electron chi connectivity index (χ0n) is 15.5. The lowest BCUT2D eigenvalue weighted by Crippen LogP contribution is -2.35. The van der Waals surface area contributed by atoms with Crippen LogP contribution in [0.3, 0.4) is 0 Å². The SMILES string of the molecule is Cc1cc(=O)n(CC(=O)NC2CCc3ccccc32)c(-c2ccc(F)cc2)n1. The average Bonchev–Trinajstić information content (AvgIpc) is 3.07. The second kappa shape index (κ2) is 7.38. The summed E-state index contributed by atoms with van der Waals surface area (Å²) in [7, 11) is 0. The van der Waals surface area contributed by atoms with Crippen LogP contribution in [0.15, 0.2) is 59.4 Å². The number of benzene rings is 2. The van der Waals surface area contributed by atoms with E-state index >= 15 is 0 Å². The molecule has 0 aliphatic heterocycles. The molecule has 0 saturated carbocycles. The minimum Gasteiger partial charge on any atom is -0.348 e. The lowest BCUT2D eigenvalue weighted by atomic mass is 10.1. The van der Waals surface area contributed by atoms with Gasteiger partial charge in [-0.1, -0.05) is 24.3 Å². The first-order chi connectivity index (χ1) is 13.5. The summed E-state index contributed by atoms with van der Waals surface area (Å²) in [5, 5.41) is 3.03. The van der Waals surface area contributed by atoms with E-state index in [4.69, 9.17) is 0 Å². The first-order valence-electron chi connectivity index (χ1n) is 9.23. The number of carbonyl (C=O) groups is 1. The number of nitrogens with zero attached hydrogens (tertiary/aromatic N) is 2. The largest absolute Gasteiger partial charge is 0.348 e. The Labute approximate surface area is 161 Å². The van der Waals surface area contributed by atoms with Crippen molar-refractivity contribution in [2.24, 2.45) is 0 Å². The maximum atomic E-state index is 13.3. The van der Waals surface area contributed by atoms with Crippen molar-refractivity contribution in [3.05, 3.63) is 87.6 Å². The number of hydrogen-bond donors (Lipinski definition) is 1. The molecule has 142 valence electrons. The molecular weight excluding hydrogens is 357 g/mol. The fourth-order valence-corrected chi connectivity index (χ4v) is 3.68. The van der Waals surface area contributed by atoms with Gasteiger partial charge >= 0.3 is 0 Å². The molecule has 4 rings (SSSR count). The van der Waals surface area contributed by atoms with Gasteiger partial charge in [-0.05, 0) is 55.2 Å². The van der Waals surface area contributed by atoms with Gasteiger partial charge in [-0.25, -0.2) is 9.37 Å². The molecule has 0 radical (unpaired) electrons. The summed E-state index contributed by atoms with van der Waals surface area (Å²) in [6.45, 7) is 1.58. The monoisotopic (exact) mass is 377 g/mol. The van der Waals surface area contributed by atoms with Crippen LogP contribution < -0.4 is 10.9 Å². The van der Waals surface area contributed by atoms with Crippen LogP contribution in [0.1, 0.15) is 29.3 Å². The highest BCUT2D eigenvalue weighted by atomic mass is 19.1. The van der Waals surface area contributed by atoms with Gasteiger partial charge in [0.15, 0.2) is 0 Å². The summed E-state index contributed by atoms with van der Waals surface area (Å²) < 4.78 is 14.6. The average molecular weight is 377 g/mol. The third-order valence-corrected chi connectivity index (χ3v) is 5.01. The fraction of sp³-hybridized carbons (Fsp3) is 0.227. The molecule has 1 N–H and O–H groups in total. The van der Waals surface area contributed by atoms with Gasteiger partial charge in [0.1, 0.15) is 18.2 Å². The normalized spacial score (nSPS) is 15.3. The van der Waals surface area contributed by atoms with Gasteiger partial charge < -0.3 is 5.32 Å². The van der Waals surface area contributed by atoms with Crippen molar-refractivity contribution in [3.8, 4) is 11.4 Å². The van der Waals surface area contributed by atoms with Gasteiger partial charge in [-0.15, -0.1) is 0 Å². The summed E-state index contributed by atoms with van der Waals surface area (Å²) in [5.41, 5.74) is 3.19. The Morgan fingerprint density at radius 3 is 2.75 bits per heavy atom. The summed E-state index contributed by atoms with van der Waals surface area (Å²) in [6, 6.07) is 15.1. The first-order valence-corrected chi connectivity index (χ1v) is 9.23. The number of nitrogens with one attached hydrogen (secondary N) is 1. The molecule has 0 bridgehead atoms. The highest BCUT2D eigenvalue weighted by molar-refractivity contribution is 5.77. The predicted molar refractivity (Wildman–Crippen MR) is 104 cm³/mol. The van der Waals surface area contributed by atoms with Crippen LogP contribution in [0.5, 0.6) is 0 Å². The number of carbonyl (C=O) groups excluding carboxylic acids is 1. The van der Waals surface area contributed by atoms with Crippen LogP contribution in [-0.4, -0.2) is 15.5 Å². The van der Waals surface area contributed by atoms with Crippen LogP contribution >= 0.6 is 0 Å². The number of amides is 1. The van der Waals surface area contributed by atoms with E-state index in [2.05, 4.69) is 16.4 Å². The van der Waals surface area contributed by atoms with E-state index in [0.29, 0.717) is 17.1 Å². The maximum absolute atomic E-state index is 13.3. The zero-order valence-corrected chi connectivity index (χ0v) is 15.5. The van der Waals surface area contributed by atoms with Crippen molar-refractivity contribution in [1.29, 1.82) is 0 Å². The molecule has 2 aromatic carbocycles. The Morgan fingerprint density at radius 2 is 1.96 bits per heavy atom. The number of hydrogen-bond acceptors (Lipinski definition) is 3. The second-order valence-corrected chi connectivity index (χ2v) is 7.01. The van der Waals surface area contributed by atoms with Crippen molar-refractivity contribution >= 4 is 5.91 Å². The summed E-state index contributed by atoms with van der Waals surface area (Å²) >= 11 is 0. The molecule has 1 aliphatic carbocycles. The van der Waals surface area contributed by atoms with Crippen molar-refractivity contribution in [2.45, 2.75) is 32.4 Å². The highest BCUT2D eigenvalue weighted by Crippen LogP contribution is 2.30. The number of fused-ring (bicyclic) bond motifs is 1. The van der Waals surface area contributed by atoms with Gasteiger partial charge in [0.25, 0.3) is 5.56 Å². The van der Waals surface area contributed by atoms with E-state index in [-0.39, 0.29) is 29.9 Å². The van der Waals surface area contributed by atoms with Crippen LogP contribution in [0, 0.1) is 12.7 Å². The summed E-state index contributed by atoms with van der Waals surface area (Å²) in [6.07, 6.45) is 1.77. The Kier molecular flexibility index (Phi) is 4.77. The molecule has 1 aliphatic rings. The van der Waals surface area contributed by atoms with Crippen molar-refractivity contribution < 1.29 is 9.18 Å². The topological polar surface area (TPSA) is 64.0 Å². The Hall–Kier alpha value is -3.28. The van der Waals surface area contributed by atoms with Gasteiger partial charge in [0, 0.05) is 17.3 Å². The zero-order chi connectivity index (χ0) is 19.7. The molecule has 28 heavy (non-hydrogen) atoms. The highest BCUT2D eigenvalue weighted by Gasteiger charge is 2.24. The van der Waals surface area contributed by atoms with Gasteiger partial charge in [-0.3, -0.25) is 14.2 Å². The third-order valence-electron chi connectivity index (χ3n) is 5.01. The summed E-state index contributed by atoms with van der Waals surface area (Å²) in [4.78, 5) is 29.7. The molecule has 0 saturated heterocycles. The van der Waals surface area contributed by atoms with Crippen LogP contribution in [0.25, 0.3) is 11.4 Å². The molecule has 1 unspecified atom stereocenters. The standard InChI is InChI=1S/C22H20FN3O2/c1-14-12-21(28)26(22(24-14)16-6-9-17(23)10-7-16)13-20(27)25-19-11-8-15-4-2-3-5-18(15)19/h2-7,9-10,12,19H,8,11,13H2,1H3,(H,25,27). The van der Waals surface area contributed by atoms with Gasteiger partial charge in [0.05, 0.1) is 6.04 Å². The molecule has 1 heterocycles. The van der Waals surface area contributed by atoms with Crippen molar-refractivity contribution in [3.63, 3.8) is 0 Å². The summed E-state index contributed by atoms with van der Waals surface area (Å²) in [5.74, 6) is -0.271. The third kappa shape index (κ3) is 3.58. The van der Waals surface area contributed by atoms with Crippen LogP contribution in [0.2, 0.25) is 0 Å². The molecule has 1 aromatic heterocycles. The number of aromatic nitrogens is 2. The smallest absolute Gasteiger partial charge is 0.254 e. The predicted octanol–water partition coefficient (Wildman–Crippen LogP) is 3.16. The first kappa shape index (κ1) is 18.1. The van der Waals surface area contributed by atoms with Crippen LogP contribution in [-0.2, 0) is 17.8 Å². The molecule has 6 heteroatoms. The van der Waals surface area contributed by atoms with Gasteiger partial charge in [-0.2, -0.15) is 0 Å². The minimum absolute atomic E-state index is 0.0490. The Morgan fingerprint density at radius 1 is 1.21 bits per heavy atom. The van der Waals surface area contributed by atoms with Gasteiger partial charge in [0.2, 0.25) is 5.91 Å². The van der Waals surface area contributed by atoms with Crippen LogP contribution in [0.4, 0.5) is 4.39 Å². The number of rotatable bonds is 4. The lowest BCUT2D eigenvalue weighted by molar-refractivity contribution is -0.122. The van der Waals surface area contributed by atoms with E-state index < -0.39 is 0 Å². The van der Waals surface area contributed by atoms with Crippen molar-refractivity contribution in [1.82, 2.24) is 14.9 Å². The number of halogens is 1. The van der Waals surface area contributed by atoms with E-state index in [0.717, 1.165) is 18.4 Å². The molecule has 1 atom stereocenters. The lowest BCUT2D eigenvalue weighted by Gasteiger charge is -2.17. The van der Waals surface area contributed by atoms with E-state index in [9.17, 15) is 14.0 Å². The van der Waals surface area contributed by atoms with E-state index in [1.54, 1.807) is 19.1 Å². The molecule has 5 nitrogen and oxygen atoms in total. The molecular formula is C22H20FN3O2. The minimum atomic E-state index is -0.372. The molecule has 3 aromatic rings. The Balaban J connectivity index is 1.60. The second-order valence-electron chi connectivity index (χ2n) is 7.01. The number of aryl methyl sites for hydroxylation is 2.